The van der Waals surface area contributed by atoms with Crippen LogP contribution in [0.25, 0.3) is 0 Å². The Morgan fingerprint density at radius 2 is 2.57 bits per heavy atom. The molecule has 1 aromatic rings. The zero-order valence-electron chi connectivity index (χ0n) is 8.58. The minimum Gasteiger partial charge on any atom is -0.469 e. The molecular formula is C11H17NO2. The van der Waals surface area contributed by atoms with Crippen LogP contribution in [0.1, 0.15) is 24.2 Å². The summed E-state index contributed by atoms with van der Waals surface area (Å²) in [4.78, 5) is 0. The van der Waals surface area contributed by atoms with Crippen molar-refractivity contribution in [3.63, 3.8) is 0 Å². The van der Waals surface area contributed by atoms with Crippen LogP contribution in [0.3, 0.4) is 0 Å². The zero-order valence-corrected chi connectivity index (χ0v) is 8.58. The maximum Gasteiger partial charge on any atom is 0.110 e. The van der Waals surface area contributed by atoms with Crippen molar-refractivity contribution in [2.45, 2.75) is 31.9 Å². The van der Waals surface area contributed by atoms with Crippen molar-refractivity contribution >= 4 is 0 Å². The van der Waals surface area contributed by atoms with Gasteiger partial charge in [0.05, 0.1) is 12.9 Å². The normalized spacial score (nSPS) is 21.6. The molecule has 3 nitrogen and oxygen atoms in total. The molecule has 1 atom stereocenters. The standard InChI is InChI=1S/C11H17NO2/c1-13-8-9-4-6-14-11(9)7-10-3-2-5-12-10/h4,6,10,12H,2-3,5,7-8H2,1H3. The molecule has 3 heteroatoms. The second kappa shape index (κ2) is 4.62. The van der Waals surface area contributed by atoms with E-state index in [-0.39, 0.29) is 0 Å². The minimum atomic E-state index is 0.594. The Labute approximate surface area is 84.4 Å². The van der Waals surface area contributed by atoms with E-state index >= 15 is 0 Å². The Morgan fingerprint density at radius 1 is 1.64 bits per heavy atom. The molecule has 0 aliphatic carbocycles. The van der Waals surface area contributed by atoms with Gasteiger partial charge in [0.2, 0.25) is 0 Å². The van der Waals surface area contributed by atoms with E-state index in [4.69, 9.17) is 9.15 Å². The van der Waals surface area contributed by atoms with Crippen molar-refractivity contribution in [1.29, 1.82) is 0 Å². The van der Waals surface area contributed by atoms with E-state index in [1.165, 1.54) is 18.4 Å². The van der Waals surface area contributed by atoms with Crippen LogP contribution >= 0.6 is 0 Å². The first-order chi connectivity index (χ1) is 6.90. The van der Waals surface area contributed by atoms with E-state index in [1.54, 1.807) is 13.4 Å². The van der Waals surface area contributed by atoms with Gasteiger partial charge < -0.3 is 14.5 Å². The van der Waals surface area contributed by atoms with E-state index in [2.05, 4.69) is 5.32 Å². The molecular weight excluding hydrogens is 178 g/mol. The molecule has 2 rings (SSSR count). The third-order valence-electron chi connectivity index (χ3n) is 2.73. The van der Waals surface area contributed by atoms with Crippen molar-refractivity contribution in [3.05, 3.63) is 23.7 Å². The summed E-state index contributed by atoms with van der Waals surface area (Å²) in [6.07, 6.45) is 5.28. The number of hydrogen-bond acceptors (Lipinski definition) is 3. The maximum absolute atomic E-state index is 5.46. The van der Waals surface area contributed by atoms with Gasteiger partial charge in [0.25, 0.3) is 0 Å². The number of furan rings is 1. The lowest BCUT2D eigenvalue weighted by Crippen LogP contribution is -2.23. The molecule has 1 unspecified atom stereocenters. The molecule has 2 heterocycles. The molecule has 0 spiro atoms. The molecule has 0 bridgehead atoms. The summed E-state index contributed by atoms with van der Waals surface area (Å²) in [6.45, 7) is 1.80. The van der Waals surface area contributed by atoms with Gasteiger partial charge in [0.1, 0.15) is 5.76 Å². The molecule has 1 saturated heterocycles. The second-order valence-corrected chi connectivity index (χ2v) is 3.80. The molecule has 1 aliphatic rings. The lowest BCUT2D eigenvalue weighted by molar-refractivity contribution is 0.182. The molecule has 1 fully saturated rings. The van der Waals surface area contributed by atoms with Gasteiger partial charge >= 0.3 is 0 Å². The first-order valence-corrected chi connectivity index (χ1v) is 5.17. The predicted octanol–water partition coefficient (Wildman–Crippen LogP) is 1.72. The van der Waals surface area contributed by atoms with Gasteiger partial charge in [-0.3, -0.25) is 0 Å². The van der Waals surface area contributed by atoms with Gasteiger partial charge in [-0.2, -0.15) is 0 Å². The Morgan fingerprint density at radius 3 is 3.29 bits per heavy atom. The van der Waals surface area contributed by atoms with Crippen LogP contribution in [0.2, 0.25) is 0 Å². The minimum absolute atomic E-state index is 0.594. The highest BCUT2D eigenvalue weighted by molar-refractivity contribution is 5.17. The summed E-state index contributed by atoms with van der Waals surface area (Å²) in [6, 6.07) is 2.59. The van der Waals surface area contributed by atoms with Crippen molar-refractivity contribution in [1.82, 2.24) is 5.32 Å². The fourth-order valence-corrected chi connectivity index (χ4v) is 1.98. The summed E-state index contributed by atoms with van der Waals surface area (Å²) in [5.41, 5.74) is 1.18. The van der Waals surface area contributed by atoms with Crippen molar-refractivity contribution in [2.24, 2.45) is 0 Å². The van der Waals surface area contributed by atoms with Gasteiger partial charge in [-0.1, -0.05) is 0 Å². The fraction of sp³-hybridized carbons (Fsp3) is 0.636. The van der Waals surface area contributed by atoms with E-state index in [0.29, 0.717) is 12.6 Å². The molecule has 1 aliphatic heterocycles. The first-order valence-electron chi connectivity index (χ1n) is 5.17. The van der Waals surface area contributed by atoms with Gasteiger partial charge in [0, 0.05) is 25.1 Å². The number of ether oxygens (including phenoxy) is 1. The summed E-state index contributed by atoms with van der Waals surface area (Å²) in [5, 5.41) is 3.46. The molecule has 78 valence electrons. The second-order valence-electron chi connectivity index (χ2n) is 3.80. The van der Waals surface area contributed by atoms with E-state index in [1.807, 2.05) is 6.07 Å². The highest BCUT2D eigenvalue weighted by Gasteiger charge is 2.17. The third-order valence-corrected chi connectivity index (χ3v) is 2.73. The summed E-state index contributed by atoms with van der Waals surface area (Å²) >= 11 is 0. The highest BCUT2D eigenvalue weighted by Crippen LogP contribution is 2.17. The Balaban J connectivity index is 1.96. The van der Waals surface area contributed by atoms with Gasteiger partial charge in [0.15, 0.2) is 0 Å². The van der Waals surface area contributed by atoms with Crippen LogP contribution in [-0.4, -0.2) is 19.7 Å². The average molecular weight is 195 g/mol. The zero-order chi connectivity index (χ0) is 9.80. The van der Waals surface area contributed by atoms with Gasteiger partial charge in [-0.15, -0.1) is 0 Å². The van der Waals surface area contributed by atoms with E-state index in [9.17, 15) is 0 Å². The van der Waals surface area contributed by atoms with Crippen LogP contribution in [0.15, 0.2) is 16.7 Å². The van der Waals surface area contributed by atoms with Gasteiger partial charge in [-0.25, -0.2) is 0 Å². The number of hydrogen-bond donors (Lipinski definition) is 1. The van der Waals surface area contributed by atoms with E-state index < -0.39 is 0 Å². The van der Waals surface area contributed by atoms with Crippen LogP contribution < -0.4 is 5.32 Å². The van der Waals surface area contributed by atoms with E-state index in [0.717, 1.165) is 18.7 Å². The molecule has 0 aromatic carbocycles. The Hall–Kier alpha value is -0.800. The third kappa shape index (κ3) is 2.16. The average Bonchev–Trinajstić information content (AvgIpc) is 2.80. The number of rotatable bonds is 4. The molecule has 1 N–H and O–H groups in total. The SMILES string of the molecule is COCc1ccoc1CC1CCCN1. The van der Waals surface area contributed by atoms with Crippen LogP contribution in [0, 0.1) is 0 Å². The molecule has 0 radical (unpaired) electrons. The number of nitrogens with one attached hydrogen (secondary N) is 1. The van der Waals surface area contributed by atoms with Gasteiger partial charge in [-0.05, 0) is 25.5 Å². The van der Waals surface area contributed by atoms with Crippen LogP contribution in [0.4, 0.5) is 0 Å². The quantitative estimate of drug-likeness (QED) is 0.794. The monoisotopic (exact) mass is 195 g/mol. The lowest BCUT2D eigenvalue weighted by Gasteiger charge is -2.08. The van der Waals surface area contributed by atoms with Crippen molar-refractivity contribution in [3.8, 4) is 0 Å². The molecule has 0 amide bonds. The highest BCUT2D eigenvalue weighted by atomic mass is 16.5. The molecule has 1 aromatic heterocycles. The molecule has 14 heavy (non-hydrogen) atoms. The molecule has 0 saturated carbocycles. The predicted molar refractivity (Wildman–Crippen MR) is 54.1 cm³/mol. The largest absolute Gasteiger partial charge is 0.469 e. The Bertz CT molecular complexity index is 277. The topological polar surface area (TPSA) is 34.4 Å². The van der Waals surface area contributed by atoms with Crippen molar-refractivity contribution < 1.29 is 9.15 Å². The summed E-state index contributed by atoms with van der Waals surface area (Å²) < 4.78 is 10.6. The van der Waals surface area contributed by atoms with Crippen LogP contribution in [-0.2, 0) is 17.8 Å². The fourth-order valence-electron chi connectivity index (χ4n) is 1.98. The maximum atomic E-state index is 5.46. The lowest BCUT2D eigenvalue weighted by atomic mass is 10.1. The smallest absolute Gasteiger partial charge is 0.110 e. The first kappa shape index (κ1) is 9.74. The van der Waals surface area contributed by atoms with Crippen LogP contribution in [0.5, 0.6) is 0 Å². The van der Waals surface area contributed by atoms with Crippen molar-refractivity contribution in [2.75, 3.05) is 13.7 Å². The summed E-state index contributed by atoms with van der Waals surface area (Å²) in [5.74, 6) is 1.08. The Kier molecular flexibility index (Phi) is 3.22. The number of methoxy groups -OCH3 is 1. The summed E-state index contributed by atoms with van der Waals surface area (Å²) in [7, 11) is 1.71.